The van der Waals surface area contributed by atoms with Crippen molar-refractivity contribution in [3.05, 3.63) is 59.6 Å². The fraction of sp³-hybridized carbons (Fsp3) is 0.200. The Bertz CT molecular complexity index is 456. The van der Waals surface area contributed by atoms with Crippen LogP contribution in [0.25, 0.3) is 0 Å². The molecule has 0 unspecified atom stereocenters. The zero-order valence-electron chi connectivity index (χ0n) is 10.0. The summed E-state index contributed by atoms with van der Waals surface area (Å²) in [5.41, 5.74) is 0. The van der Waals surface area contributed by atoms with Crippen LogP contribution in [-0.2, 0) is 0 Å². The highest BCUT2D eigenvalue weighted by atomic mass is 35.5. The number of rotatable bonds is 6. The van der Waals surface area contributed by atoms with Crippen LogP contribution in [0, 0.1) is 0 Å². The van der Waals surface area contributed by atoms with Crippen molar-refractivity contribution in [2.24, 2.45) is 0 Å². The second kappa shape index (κ2) is 7.34. The summed E-state index contributed by atoms with van der Waals surface area (Å²) in [5.74, 6) is 1.99. The number of hydrogen-bond acceptors (Lipinski definition) is 2. The minimum absolute atomic E-state index is 0.755. The van der Waals surface area contributed by atoms with Crippen LogP contribution < -0.4 is 4.74 Å². The number of para-hydroxylation sites is 1. The average molecular weight is 279 g/mol. The van der Waals surface area contributed by atoms with Crippen molar-refractivity contribution in [3.8, 4) is 5.75 Å². The number of benzene rings is 2. The summed E-state index contributed by atoms with van der Waals surface area (Å²) in [4.78, 5) is 1.25. The van der Waals surface area contributed by atoms with Crippen LogP contribution in [0.3, 0.4) is 0 Å². The first-order valence-electron chi connectivity index (χ1n) is 5.91. The third kappa shape index (κ3) is 4.63. The molecule has 0 aliphatic heterocycles. The van der Waals surface area contributed by atoms with E-state index in [-0.39, 0.29) is 0 Å². The lowest BCUT2D eigenvalue weighted by Crippen LogP contribution is -1.98. The highest BCUT2D eigenvalue weighted by Crippen LogP contribution is 2.21. The van der Waals surface area contributed by atoms with E-state index in [0.717, 1.165) is 29.6 Å². The van der Waals surface area contributed by atoms with E-state index in [1.807, 2.05) is 66.4 Å². The molecule has 1 nitrogen and oxygen atoms in total. The maximum atomic E-state index is 5.83. The Morgan fingerprint density at radius 3 is 2.39 bits per heavy atom. The van der Waals surface area contributed by atoms with Crippen LogP contribution in [0.5, 0.6) is 5.75 Å². The molecule has 2 aromatic carbocycles. The van der Waals surface area contributed by atoms with E-state index in [1.165, 1.54) is 4.90 Å². The molecule has 0 saturated carbocycles. The molecule has 0 aromatic heterocycles. The fourth-order valence-electron chi connectivity index (χ4n) is 1.49. The summed E-state index contributed by atoms with van der Waals surface area (Å²) >= 11 is 7.66. The Hall–Kier alpha value is -1.12. The van der Waals surface area contributed by atoms with E-state index in [9.17, 15) is 0 Å². The van der Waals surface area contributed by atoms with Crippen molar-refractivity contribution in [3.63, 3.8) is 0 Å². The van der Waals surface area contributed by atoms with Gasteiger partial charge in [0.15, 0.2) is 0 Å². The second-order valence-electron chi connectivity index (χ2n) is 3.82. The molecule has 0 spiro atoms. The largest absolute Gasteiger partial charge is 0.494 e. The Labute approximate surface area is 117 Å². The monoisotopic (exact) mass is 278 g/mol. The Balaban J connectivity index is 1.63. The van der Waals surface area contributed by atoms with Crippen molar-refractivity contribution < 1.29 is 4.74 Å². The summed E-state index contributed by atoms with van der Waals surface area (Å²) in [7, 11) is 0. The van der Waals surface area contributed by atoms with Crippen LogP contribution in [0.4, 0.5) is 0 Å². The molecule has 0 aliphatic carbocycles. The van der Waals surface area contributed by atoms with Gasteiger partial charge in [-0.25, -0.2) is 0 Å². The number of hydrogen-bond donors (Lipinski definition) is 0. The van der Waals surface area contributed by atoms with Crippen LogP contribution in [0.15, 0.2) is 59.5 Å². The van der Waals surface area contributed by atoms with Crippen molar-refractivity contribution in [2.75, 3.05) is 12.4 Å². The minimum atomic E-state index is 0.755. The van der Waals surface area contributed by atoms with Crippen LogP contribution in [0.2, 0.25) is 5.02 Å². The van der Waals surface area contributed by atoms with E-state index in [2.05, 4.69) is 0 Å². The van der Waals surface area contributed by atoms with Gasteiger partial charge in [-0.1, -0.05) is 29.8 Å². The van der Waals surface area contributed by atoms with E-state index in [4.69, 9.17) is 16.3 Å². The van der Waals surface area contributed by atoms with Gasteiger partial charge in [0, 0.05) is 15.7 Å². The molecule has 3 heteroatoms. The van der Waals surface area contributed by atoms with Gasteiger partial charge >= 0.3 is 0 Å². The molecule has 2 aromatic rings. The first-order valence-corrected chi connectivity index (χ1v) is 7.27. The quantitative estimate of drug-likeness (QED) is 0.549. The molecule has 0 saturated heterocycles. The molecule has 18 heavy (non-hydrogen) atoms. The van der Waals surface area contributed by atoms with Gasteiger partial charge in [-0.2, -0.15) is 0 Å². The molecule has 0 heterocycles. The number of thioether (sulfide) groups is 1. The van der Waals surface area contributed by atoms with Gasteiger partial charge < -0.3 is 4.74 Å². The first-order chi connectivity index (χ1) is 8.84. The Kier molecular flexibility index (Phi) is 5.43. The standard InChI is InChI=1S/C15H15ClOS/c16-13-7-9-15(10-8-13)18-12-4-11-17-14-5-2-1-3-6-14/h1-3,5-10H,4,11-12H2. The van der Waals surface area contributed by atoms with Gasteiger partial charge in [0.1, 0.15) is 5.75 Å². The molecule has 0 N–H and O–H groups in total. The van der Waals surface area contributed by atoms with Crippen molar-refractivity contribution >= 4 is 23.4 Å². The maximum Gasteiger partial charge on any atom is 0.119 e. The number of halogens is 1. The highest BCUT2D eigenvalue weighted by Gasteiger charge is 1.95. The molecule has 0 amide bonds. The zero-order chi connectivity index (χ0) is 12.6. The first kappa shape index (κ1) is 13.3. The third-order valence-corrected chi connectivity index (χ3v) is 3.73. The Morgan fingerprint density at radius 1 is 0.944 bits per heavy atom. The van der Waals surface area contributed by atoms with Crippen molar-refractivity contribution in [2.45, 2.75) is 11.3 Å². The van der Waals surface area contributed by atoms with Crippen LogP contribution in [0.1, 0.15) is 6.42 Å². The third-order valence-electron chi connectivity index (χ3n) is 2.38. The highest BCUT2D eigenvalue weighted by molar-refractivity contribution is 7.99. The molecule has 2 rings (SSSR count). The lowest BCUT2D eigenvalue weighted by molar-refractivity contribution is 0.319. The lowest BCUT2D eigenvalue weighted by Gasteiger charge is -2.05. The lowest BCUT2D eigenvalue weighted by atomic mass is 10.3. The van der Waals surface area contributed by atoms with Gasteiger partial charge in [0.2, 0.25) is 0 Å². The van der Waals surface area contributed by atoms with Crippen LogP contribution in [-0.4, -0.2) is 12.4 Å². The van der Waals surface area contributed by atoms with E-state index < -0.39 is 0 Å². The molecule has 0 fully saturated rings. The van der Waals surface area contributed by atoms with E-state index in [0.29, 0.717) is 0 Å². The van der Waals surface area contributed by atoms with Gasteiger partial charge in [0.05, 0.1) is 6.61 Å². The van der Waals surface area contributed by atoms with Crippen molar-refractivity contribution in [1.82, 2.24) is 0 Å². The predicted octanol–water partition coefficient (Wildman–Crippen LogP) is 4.90. The summed E-state index contributed by atoms with van der Waals surface area (Å²) in [6.45, 7) is 0.755. The average Bonchev–Trinajstić information content (AvgIpc) is 2.42. The maximum absolute atomic E-state index is 5.83. The summed E-state index contributed by atoms with van der Waals surface area (Å²) in [5, 5.41) is 0.784. The Morgan fingerprint density at radius 2 is 1.67 bits per heavy atom. The topological polar surface area (TPSA) is 9.23 Å². The van der Waals surface area contributed by atoms with Gasteiger partial charge in [0.25, 0.3) is 0 Å². The van der Waals surface area contributed by atoms with Crippen LogP contribution >= 0.6 is 23.4 Å². The van der Waals surface area contributed by atoms with Gasteiger partial charge in [-0.15, -0.1) is 11.8 Å². The second-order valence-corrected chi connectivity index (χ2v) is 5.42. The minimum Gasteiger partial charge on any atom is -0.494 e. The number of ether oxygens (including phenoxy) is 1. The molecule has 0 bridgehead atoms. The van der Waals surface area contributed by atoms with E-state index in [1.54, 1.807) is 0 Å². The van der Waals surface area contributed by atoms with Gasteiger partial charge in [-0.05, 0) is 42.8 Å². The molecular weight excluding hydrogens is 264 g/mol. The summed E-state index contributed by atoms with van der Waals surface area (Å²) in [6, 6.07) is 17.8. The van der Waals surface area contributed by atoms with E-state index >= 15 is 0 Å². The molecule has 0 aliphatic rings. The molecule has 94 valence electrons. The zero-order valence-corrected chi connectivity index (χ0v) is 11.6. The molecule has 0 atom stereocenters. The smallest absolute Gasteiger partial charge is 0.119 e. The SMILES string of the molecule is Clc1ccc(SCCCOc2ccccc2)cc1. The normalized spacial score (nSPS) is 10.3. The summed E-state index contributed by atoms with van der Waals surface area (Å²) < 4.78 is 5.63. The van der Waals surface area contributed by atoms with Gasteiger partial charge in [-0.3, -0.25) is 0 Å². The van der Waals surface area contributed by atoms with Crippen molar-refractivity contribution in [1.29, 1.82) is 0 Å². The fourth-order valence-corrected chi connectivity index (χ4v) is 2.44. The predicted molar refractivity (Wildman–Crippen MR) is 78.7 cm³/mol. The molecular formula is C15H15ClOS. The summed E-state index contributed by atoms with van der Waals surface area (Å²) in [6.07, 6.45) is 1.03. The molecule has 0 radical (unpaired) electrons.